The molecule has 2 N–H and O–H groups in total. The highest BCUT2D eigenvalue weighted by molar-refractivity contribution is 7.20. The van der Waals surface area contributed by atoms with E-state index in [-0.39, 0.29) is 11.7 Å². The second-order valence-corrected chi connectivity index (χ2v) is 7.55. The Bertz CT molecular complexity index is 1230. The van der Waals surface area contributed by atoms with Gasteiger partial charge in [-0.1, -0.05) is 18.2 Å². The molecule has 0 aliphatic carbocycles. The SMILES string of the molecule is CCOc1cc(/C=N/NC(=O)c2cc3c(C)nn(-c4ccccc4)c3s2)ccc1O. The summed E-state index contributed by atoms with van der Waals surface area (Å²) in [6.07, 6.45) is 1.50. The van der Waals surface area contributed by atoms with Crippen LogP contribution in [0.25, 0.3) is 15.9 Å². The number of hydrogen-bond donors (Lipinski definition) is 2. The highest BCUT2D eigenvalue weighted by Crippen LogP contribution is 2.30. The van der Waals surface area contributed by atoms with Gasteiger partial charge < -0.3 is 9.84 Å². The molecule has 7 nitrogen and oxygen atoms in total. The van der Waals surface area contributed by atoms with Gasteiger partial charge in [0, 0.05) is 5.39 Å². The predicted molar refractivity (Wildman–Crippen MR) is 118 cm³/mol. The third-order valence-corrected chi connectivity index (χ3v) is 5.54. The molecule has 0 fully saturated rings. The Morgan fingerprint density at radius 2 is 2.07 bits per heavy atom. The van der Waals surface area contributed by atoms with Gasteiger partial charge in [-0.15, -0.1) is 11.3 Å². The van der Waals surface area contributed by atoms with Crippen LogP contribution in [-0.4, -0.2) is 33.6 Å². The molecule has 0 radical (unpaired) electrons. The van der Waals surface area contributed by atoms with Crippen LogP contribution in [-0.2, 0) is 0 Å². The molecule has 0 bridgehead atoms. The maximum atomic E-state index is 12.6. The summed E-state index contributed by atoms with van der Waals surface area (Å²) in [5, 5.41) is 19.3. The zero-order valence-electron chi connectivity index (χ0n) is 16.5. The van der Waals surface area contributed by atoms with Crippen molar-refractivity contribution >= 4 is 33.7 Å². The Kier molecular flexibility index (Phi) is 5.49. The van der Waals surface area contributed by atoms with E-state index in [0.29, 0.717) is 22.8 Å². The van der Waals surface area contributed by atoms with Gasteiger partial charge in [-0.3, -0.25) is 4.79 Å². The Morgan fingerprint density at radius 3 is 2.83 bits per heavy atom. The van der Waals surface area contributed by atoms with E-state index in [0.717, 1.165) is 21.6 Å². The van der Waals surface area contributed by atoms with Crippen molar-refractivity contribution in [1.29, 1.82) is 0 Å². The van der Waals surface area contributed by atoms with Gasteiger partial charge >= 0.3 is 0 Å². The van der Waals surface area contributed by atoms with Crippen LogP contribution in [0.15, 0.2) is 59.7 Å². The van der Waals surface area contributed by atoms with Crippen molar-refractivity contribution in [2.24, 2.45) is 5.10 Å². The van der Waals surface area contributed by atoms with Crippen LogP contribution in [0.4, 0.5) is 0 Å². The van der Waals surface area contributed by atoms with E-state index >= 15 is 0 Å². The average molecular weight is 420 g/mol. The second kappa shape index (κ2) is 8.38. The number of carbonyl (C=O) groups excluding carboxylic acids is 1. The normalized spacial score (nSPS) is 11.3. The number of hydrazone groups is 1. The van der Waals surface area contributed by atoms with E-state index in [1.54, 1.807) is 12.1 Å². The Labute approximate surface area is 177 Å². The second-order valence-electron chi connectivity index (χ2n) is 6.52. The molecule has 0 aliphatic rings. The van der Waals surface area contributed by atoms with E-state index in [1.807, 2.05) is 54.9 Å². The van der Waals surface area contributed by atoms with Crippen molar-refractivity contribution in [3.8, 4) is 17.2 Å². The molecule has 4 aromatic rings. The first-order chi connectivity index (χ1) is 14.6. The lowest BCUT2D eigenvalue weighted by Gasteiger charge is -2.05. The number of nitrogens with one attached hydrogen (secondary N) is 1. The van der Waals surface area contributed by atoms with Crippen LogP contribution in [0.5, 0.6) is 11.5 Å². The lowest BCUT2D eigenvalue weighted by molar-refractivity contribution is 0.0959. The summed E-state index contributed by atoms with van der Waals surface area (Å²) in [4.78, 5) is 14.0. The molecule has 0 spiro atoms. The summed E-state index contributed by atoms with van der Waals surface area (Å²) in [7, 11) is 0. The van der Waals surface area contributed by atoms with Gasteiger partial charge in [-0.25, -0.2) is 10.1 Å². The number of aromatic hydroxyl groups is 1. The summed E-state index contributed by atoms with van der Waals surface area (Å²) in [5.74, 6) is 0.139. The van der Waals surface area contributed by atoms with Crippen LogP contribution in [0.3, 0.4) is 0 Å². The lowest BCUT2D eigenvalue weighted by Crippen LogP contribution is -2.16. The van der Waals surface area contributed by atoms with Gasteiger partial charge in [0.25, 0.3) is 5.91 Å². The number of aromatic nitrogens is 2. The topological polar surface area (TPSA) is 88.7 Å². The molecule has 0 saturated carbocycles. The van der Waals surface area contributed by atoms with E-state index in [9.17, 15) is 9.90 Å². The average Bonchev–Trinajstić information content (AvgIpc) is 3.32. The predicted octanol–water partition coefficient (Wildman–Crippen LogP) is 4.26. The van der Waals surface area contributed by atoms with Crippen molar-refractivity contribution in [1.82, 2.24) is 15.2 Å². The van der Waals surface area contributed by atoms with Gasteiger partial charge in [0.2, 0.25) is 0 Å². The van der Waals surface area contributed by atoms with E-state index in [4.69, 9.17) is 4.74 Å². The van der Waals surface area contributed by atoms with E-state index in [2.05, 4.69) is 15.6 Å². The molecule has 0 saturated heterocycles. The number of thiophene rings is 1. The molecule has 1 amide bonds. The van der Waals surface area contributed by atoms with Crippen molar-refractivity contribution in [2.45, 2.75) is 13.8 Å². The van der Waals surface area contributed by atoms with Crippen molar-refractivity contribution in [3.63, 3.8) is 0 Å². The Balaban J connectivity index is 1.53. The lowest BCUT2D eigenvalue weighted by atomic mass is 10.2. The Hall–Kier alpha value is -3.65. The van der Waals surface area contributed by atoms with Gasteiger partial charge in [0.05, 0.1) is 29.1 Å². The quantitative estimate of drug-likeness (QED) is 0.360. The maximum Gasteiger partial charge on any atom is 0.281 e. The minimum absolute atomic E-state index is 0.0612. The molecule has 2 aromatic carbocycles. The molecular weight excluding hydrogens is 400 g/mol. The number of phenols is 1. The van der Waals surface area contributed by atoms with Gasteiger partial charge in [-0.05, 0) is 55.8 Å². The van der Waals surface area contributed by atoms with Gasteiger partial charge in [0.15, 0.2) is 11.5 Å². The van der Waals surface area contributed by atoms with Crippen molar-refractivity contribution < 1.29 is 14.6 Å². The molecule has 4 rings (SSSR count). The van der Waals surface area contributed by atoms with Crippen LogP contribution >= 0.6 is 11.3 Å². The highest BCUT2D eigenvalue weighted by atomic mass is 32.1. The van der Waals surface area contributed by atoms with Gasteiger partial charge in [0.1, 0.15) is 4.83 Å². The Morgan fingerprint density at radius 1 is 1.27 bits per heavy atom. The maximum absolute atomic E-state index is 12.6. The van der Waals surface area contributed by atoms with Crippen LogP contribution in [0.1, 0.15) is 27.9 Å². The first-order valence-electron chi connectivity index (χ1n) is 9.40. The number of rotatable bonds is 6. The summed E-state index contributed by atoms with van der Waals surface area (Å²) in [6, 6.07) is 16.5. The zero-order valence-corrected chi connectivity index (χ0v) is 17.3. The third kappa shape index (κ3) is 3.90. The summed E-state index contributed by atoms with van der Waals surface area (Å²) < 4.78 is 7.20. The van der Waals surface area contributed by atoms with Crippen LogP contribution in [0.2, 0.25) is 0 Å². The minimum atomic E-state index is -0.296. The highest BCUT2D eigenvalue weighted by Gasteiger charge is 2.16. The number of aryl methyl sites for hydroxylation is 1. The number of ether oxygens (including phenoxy) is 1. The molecule has 0 aliphatic heterocycles. The fraction of sp³-hybridized carbons (Fsp3) is 0.136. The van der Waals surface area contributed by atoms with E-state index in [1.165, 1.54) is 23.6 Å². The number of nitrogens with zero attached hydrogens (tertiary/aromatic N) is 3. The van der Waals surface area contributed by atoms with Crippen LogP contribution in [0, 0.1) is 6.92 Å². The van der Waals surface area contributed by atoms with E-state index < -0.39 is 0 Å². The summed E-state index contributed by atoms with van der Waals surface area (Å²) >= 11 is 1.37. The first-order valence-corrected chi connectivity index (χ1v) is 10.2. The molecule has 2 aromatic heterocycles. The van der Waals surface area contributed by atoms with Crippen molar-refractivity contribution in [3.05, 3.63) is 70.7 Å². The first kappa shape index (κ1) is 19.7. The van der Waals surface area contributed by atoms with Crippen molar-refractivity contribution in [2.75, 3.05) is 6.61 Å². The summed E-state index contributed by atoms with van der Waals surface area (Å²) in [6.45, 7) is 4.20. The molecule has 2 heterocycles. The fourth-order valence-corrected chi connectivity index (χ4v) is 4.08. The minimum Gasteiger partial charge on any atom is -0.504 e. The molecular formula is C22H20N4O3S. The number of carbonyl (C=O) groups is 1. The smallest absolute Gasteiger partial charge is 0.281 e. The molecule has 152 valence electrons. The number of amides is 1. The monoisotopic (exact) mass is 420 g/mol. The third-order valence-electron chi connectivity index (χ3n) is 4.43. The van der Waals surface area contributed by atoms with Crippen LogP contribution < -0.4 is 10.2 Å². The number of benzene rings is 2. The summed E-state index contributed by atoms with van der Waals surface area (Å²) in [5.41, 5.74) is 5.05. The number of phenolic OH excluding ortho intramolecular Hbond substituents is 1. The largest absolute Gasteiger partial charge is 0.504 e. The number of hydrogen-bond acceptors (Lipinski definition) is 6. The molecule has 30 heavy (non-hydrogen) atoms. The number of fused-ring (bicyclic) bond motifs is 1. The van der Waals surface area contributed by atoms with Gasteiger partial charge in [-0.2, -0.15) is 10.2 Å². The molecule has 0 atom stereocenters. The molecule has 0 unspecified atom stereocenters. The zero-order chi connectivity index (χ0) is 21.1. The number of para-hydroxylation sites is 1. The molecule has 8 heteroatoms. The fourth-order valence-electron chi connectivity index (χ4n) is 3.01. The standard InChI is InChI=1S/C22H20N4O3S/c1-3-29-19-11-15(9-10-18(19)27)13-23-24-21(28)20-12-17-14(2)25-26(22(17)30-20)16-7-5-4-6-8-16/h4-13,27H,3H2,1-2H3,(H,24,28)/b23-13+.